The number of carbonyl (C=O) groups excluding carboxylic acids is 2. The van der Waals surface area contributed by atoms with Crippen molar-refractivity contribution in [1.82, 2.24) is 5.01 Å². The van der Waals surface area contributed by atoms with Crippen LogP contribution in [0.25, 0.3) is 0 Å². The van der Waals surface area contributed by atoms with Crippen LogP contribution in [0.1, 0.15) is 30.4 Å². The van der Waals surface area contributed by atoms with Gasteiger partial charge in [-0.25, -0.2) is 18.2 Å². The Morgan fingerprint density at radius 1 is 1.31 bits per heavy atom. The number of hydrogen-bond acceptors (Lipinski definition) is 7. The van der Waals surface area contributed by atoms with Crippen molar-refractivity contribution in [2.75, 3.05) is 11.5 Å². The molecule has 2 aliphatic rings. The van der Waals surface area contributed by atoms with Crippen molar-refractivity contribution in [2.24, 2.45) is 5.10 Å². The SMILES string of the molecule is N#Cc1ccc(COC(=O)C2=NN([C@@H]3CCS(=O)(=O)C3)C(=O)CC2)cc1. The Kier molecular flexibility index (Phi) is 5.04. The fourth-order valence-electron chi connectivity index (χ4n) is 2.88. The number of hydrazone groups is 1. The fourth-order valence-corrected chi connectivity index (χ4v) is 4.57. The summed E-state index contributed by atoms with van der Waals surface area (Å²) in [6.07, 6.45) is 0.591. The molecule has 1 saturated heterocycles. The van der Waals surface area contributed by atoms with Crippen LogP contribution >= 0.6 is 0 Å². The van der Waals surface area contributed by atoms with E-state index in [1.807, 2.05) is 6.07 Å². The quantitative estimate of drug-likeness (QED) is 0.718. The van der Waals surface area contributed by atoms with Crippen molar-refractivity contribution in [3.05, 3.63) is 35.4 Å². The van der Waals surface area contributed by atoms with Gasteiger partial charge in [0.25, 0.3) is 0 Å². The number of benzene rings is 1. The summed E-state index contributed by atoms with van der Waals surface area (Å²) in [5.41, 5.74) is 1.35. The first kappa shape index (κ1) is 18.1. The Balaban J connectivity index is 1.65. The van der Waals surface area contributed by atoms with Crippen LogP contribution in [0, 0.1) is 11.3 Å². The number of esters is 1. The lowest BCUT2D eigenvalue weighted by molar-refractivity contribution is -0.138. The fraction of sp³-hybridized carbons (Fsp3) is 0.412. The molecule has 1 aromatic rings. The second-order valence-electron chi connectivity index (χ2n) is 6.23. The molecule has 0 N–H and O–H groups in total. The molecule has 0 aromatic heterocycles. The van der Waals surface area contributed by atoms with Gasteiger partial charge in [-0.2, -0.15) is 10.4 Å². The van der Waals surface area contributed by atoms with Gasteiger partial charge in [-0.05, 0) is 24.1 Å². The van der Waals surface area contributed by atoms with E-state index in [1.54, 1.807) is 24.3 Å². The zero-order valence-corrected chi connectivity index (χ0v) is 14.7. The van der Waals surface area contributed by atoms with E-state index in [-0.39, 0.29) is 42.6 Å². The Labute approximate surface area is 151 Å². The summed E-state index contributed by atoms with van der Waals surface area (Å²) < 4.78 is 28.4. The van der Waals surface area contributed by atoms with E-state index in [0.29, 0.717) is 12.0 Å². The Morgan fingerprint density at radius 2 is 2.04 bits per heavy atom. The predicted octanol–water partition coefficient (Wildman–Crippen LogP) is 0.767. The molecule has 0 unspecified atom stereocenters. The lowest BCUT2D eigenvalue weighted by Crippen LogP contribution is -2.42. The average Bonchev–Trinajstić information content (AvgIpc) is 3.00. The summed E-state index contributed by atoms with van der Waals surface area (Å²) >= 11 is 0. The summed E-state index contributed by atoms with van der Waals surface area (Å²) in [6, 6.07) is 8.12. The van der Waals surface area contributed by atoms with Gasteiger partial charge >= 0.3 is 5.97 Å². The Hall–Kier alpha value is -2.73. The standard InChI is InChI=1S/C17H17N3O5S/c18-9-12-1-3-13(4-2-12)10-25-17(22)15-5-6-16(21)20(19-15)14-7-8-26(23,24)11-14/h1-4,14H,5-8,10-11H2/t14-/m1/s1. The van der Waals surface area contributed by atoms with Crippen molar-refractivity contribution in [2.45, 2.75) is 31.9 Å². The van der Waals surface area contributed by atoms with Gasteiger partial charge in [0, 0.05) is 12.8 Å². The van der Waals surface area contributed by atoms with Crippen LogP contribution < -0.4 is 0 Å². The maximum absolute atomic E-state index is 12.2. The van der Waals surface area contributed by atoms with Crippen LogP contribution in [-0.4, -0.2) is 48.6 Å². The monoisotopic (exact) mass is 375 g/mol. The molecule has 0 saturated carbocycles. The van der Waals surface area contributed by atoms with Gasteiger partial charge in [0.2, 0.25) is 5.91 Å². The molecule has 1 atom stereocenters. The van der Waals surface area contributed by atoms with Gasteiger partial charge in [0.15, 0.2) is 9.84 Å². The first-order valence-corrected chi connectivity index (χ1v) is 9.96. The maximum Gasteiger partial charge on any atom is 0.354 e. The van der Waals surface area contributed by atoms with E-state index >= 15 is 0 Å². The van der Waals surface area contributed by atoms with Crippen molar-refractivity contribution in [1.29, 1.82) is 5.26 Å². The molecule has 1 amide bonds. The van der Waals surface area contributed by atoms with Crippen LogP contribution in [-0.2, 0) is 30.8 Å². The highest BCUT2D eigenvalue weighted by Gasteiger charge is 2.37. The first-order valence-electron chi connectivity index (χ1n) is 8.14. The number of carbonyl (C=O) groups is 2. The normalized spacial score (nSPS) is 21.8. The minimum Gasteiger partial charge on any atom is -0.456 e. The Bertz CT molecular complexity index is 899. The first-order chi connectivity index (χ1) is 12.4. The molecular formula is C17H17N3O5S. The molecule has 8 nitrogen and oxygen atoms in total. The second kappa shape index (κ2) is 7.25. The lowest BCUT2D eigenvalue weighted by Gasteiger charge is -2.27. The number of ether oxygens (including phenoxy) is 1. The smallest absolute Gasteiger partial charge is 0.354 e. The summed E-state index contributed by atoms with van der Waals surface area (Å²) in [7, 11) is -3.16. The second-order valence-corrected chi connectivity index (χ2v) is 8.46. The third-order valence-electron chi connectivity index (χ3n) is 4.30. The Morgan fingerprint density at radius 3 is 2.65 bits per heavy atom. The van der Waals surface area contributed by atoms with Gasteiger partial charge in [-0.3, -0.25) is 4.79 Å². The van der Waals surface area contributed by atoms with Gasteiger partial charge in [-0.15, -0.1) is 0 Å². The molecule has 2 heterocycles. The van der Waals surface area contributed by atoms with Crippen molar-refractivity contribution in [3.8, 4) is 6.07 Å². The molecule has 26 heavy (non-hydrogen) atoms. The van der Waals surface area contributed by atoms with Gasteiger partial charge in [0.05, 0.1) is 29.2 Å². The van der Waals surface area contributed by atoms with Crippen molar-refractivity contribution in [3.63, 3.8) is 0 Å². The largest absolute Gasteiger partial charge is 0.456 e. The summed E-state index contributed by atoms with van der Waals surface area (Å²) in [6.45, 7) is 0.0231. The van der Waals surface area contributed by atoms with E-state index in [4.69, 9.17) is 10.00 Å². The zero-order chi connectivity index (χ0) is 18.7. The van der Waals surface area contributed by atoms with E-state index in [1.165, 1.54) is 0 Å². The highest BCUT2D eigenvalue weighted by Crippen LogP contribution is 2.22. The number of sulfone groups is 1. The molecule has 0 aliphatic carbocycles. The van der Waals surface area contributed by atoms with Crippen LogP contribution in [0.2, 0.25) is 0 Å². The number of rotatable bonds is 4. The average molecular weight is 375 g/mol. The zero-order valence-electron chi connectivity index (χ0n) is 13.9. The number of amides is 1. The predicted molar refractivity (Wildman–Crippen MR) is 91.5 cm³/mol. The molecular weight excluding hydrogens is 358 g/mol. The van der Waals surface area contributed by atoms with Crippen LogP contribution in [0.4, 0.5) is 0 Å². The summed E-state index contributed by atoms with van der Waals surface area (Å²) in [5, 5.41) is 14.0. The van der Waals surface area contributed by atoms with Gasteiger partial charge in [0.1, 0.15) is 12.3 Å². The number of nitriles is 1. The van der Waals surface area contributed by atoms with E-state index < -0.39 is 21.8 Å². The maximum atomic E-state index is 12.2. The van der Waals surface area contributed by atoms with E-state index in [0.717, 1.165) is 10.6 Å². The molecule has 3 rings (SSSR count). The molecule has 1 fully saturated rings. The molecule has 136 valence electrons. The molecule has 0 spiro atoms. The van der Waals surface area contributed by atoms with Crippen molar-refractivity contribution >= 4 is 27.4 Å². The van der Waals surface area contributed by atoms with E-state index in [9.17, 15) is 18.0 Å². The van der Waals surface area contributed by atoms with Gasteiger partial charge in [-0.1, -0.05) is 12.1 Å². The number of nitrogens with zero attached hydrogens (tertiary/aromatic N) is 3. The minimum absolute atomic E-state index is 0.0231. The molecule has 0 bridgehead atoms. The minimum atomic E-state index is -3.16. The van der Waals surface area contributed by atoms with Crippen LogP contribution in [0.5, 0.6) is 0 Å². The van der Waals surface area contributed by atoms with Gasteiger partial charge < -0.3 is 4.74 Å². The lowest BCUT2D eigenvalue weighted by atomic mass is 10.1. The summed E-state index contributed by atoms with van der Waals surface area (Å²) in [4.78, 5) is 24.3. The molecule has 9 heteroatoms. The summed E-state index contributed by atoms with van der Waals surface area (Å²) in [5.74, 6) is -1.02. The van der Waals surface area contributed by atoms with Crippen LogP contribution in [0.15, 0.2) is 29.4 Å². The number of hydrogen-bond donors (Lipinski definition) is 0. The van der Waals surface area contributed by atoms with Crippen molar-refractivity contribution < 1.29 is 22.7 Å². The topological polar surface area (TPSA) is 117 Å². The highest BCUT2D eigenvalue weighted by atomic mass is 32.2. The molecule has 0 radical (unpaired) electrons. The highest BCUT2D eigenvalue weighted by molar-refractivity contribution is 7.91. The van der Waals surface area contributed by atoms with Crippen LogP contribution in [0.3, 0.4) is 0 Å². The molecule has 2 aliphatic heterocycles. The third-order valence-corrected chi connectivity index (χ3v) is 6.05. The van der Waals surface area contributed by atoms with E-state index in [2.05, 4.69) is 5.10 Å². The third kappa shape index (κ3) is 4.08. The molecule has 1 aromatic carbocycles.